The fourth-order valence-corrected chi connectivity index (χ4v) is 2.33. The minimum Gasteiger partial charge on any atom is -0.395 e. The summed E-state index contributed by atoms with van der Waals surface area (Å²) in [6.07, 6.45) is 8.27. The molecule has 14 heavy (non-hydrogen) atoms. The van der Waals surface area contributed by atoms with Crippen LogP contribution < -0.4 is 0 Å². The van der Waals surface area contributed by atoms with Crippen LogP contribution in [0.15, 0.2) is 12.2 Å². The molecule has 2 atom stereocenters. The number of aliphatic hydroxyl groups is 1. The third-order valence-corrected chi connectivity index (χ3v) is 3.14. The molecule has 0 radical (unpaired) electrons. The van der Waals surface area contributed by atoms with Gasteiger partial charge in [-0.2, -0.15) is 0 Å². The van der Waals surface area contributed by atoms with Crippen molar-refractivity contribution in [3.05, 3.63) is 12.2 Å². The van der Waals surface area contributed by atoms with E-state index in [2.05, 4.69) is 17.1 Å². The van der Waals surface area contributed by atoms with E-state index in [1.54, 1.807) is 0 Å². The molecule has 0 aromatic rings. The molecule has 2 rings (SSSR count). The first-order valence-electron chi connectivity index (χ1n) is 5.53. The summed E-state index contributed by atoms with van der Waals surface area (Å²) < 4.78 is 5.37. The normalized spacial score (nSPS) is 34.6. The third kappa shape index (κ3) is 2.16. The van der Waals surface area contributed by atoms with Gasteiger partial charge in [0.25, 0.3) is 0 Å². The van der Waals surface area contributed by atoms with Crippen molar-refractivity contribution in [3.63, 3.8) is 0 Å². The minimum absolute atomic E-state index is 0.205. The van der Waals surface area contributed by atoms with Crippen molar-refractivity contribution in [1.82, 2.24) is 4.90 Å². The zero-order valence-corrected chi connectivity index (χ0v) is 8.56. The lowest BCUT2D eigenvalue weighted by Gasteiger charge is -2.40. The van der Waals surface area contributed by atoms with Gasteiger partial charge in [0.1, 0.15) is 0 Å². The van der Waals surface area contributed by atoms with Gasteiger partial charge < -0.3 is 9.84 Å². The first kappa shape index (κ1) is 10.1. The van der Waals surface area contributed by atoms with E-state index in [0.717, 1.165) is 13.2 Å². The maximum atomic E-state index is 9.25. The molecule has 0 bridgehead atoms. The van der Waals surface area contributed by atoms with Gasteiger partial charge in [-0.3, -0.25) is 4.90 Å². The Kier molecular flexibility index (Phi) is 3.56. The zero-order valence-electron chi connectivity index (χ0n) is 8.56. The van der Waals surface area contributed by atoms with Crippen molar-refractivity contribution in [3.8, 4) is 0 Å². The van der Waals surface area contributed by atoms with E-state index in [1.807, 2.05) is 0 Å². The second-order valence-corrected chi connectivity index (χ2v) is 4.08. The highest BCUT2D eigenvalue weighted by Gasteiger charge is 2.27. The Balaban J connectivity index is 1.98. The van der Waals surface area contributed by atoms with Crippen LogP contribution in [-0.2, 0) is 4.74 Å². The average Bonchev–Trinajstić information content (AvgIpc) is 2.30. The Morgan fingerprint density at radius 2 is 2.43 bits per heavy atom. The lowest BCUT2D eigenvalue weighted by atomic mass is 9.99. The first-order valence-corrected chi connectivity index (χ1v) is 5.53. The van der Waals surface area contributed by atoms with Crippen molar-refractivity contribution >= 4 is 0 Å². The molecule has 0 aromatic heterocycles. The van der Waals surface area contributed by atoms with Crippen LogP contribution in [0, 0.1) is 0 Å². The number of morpholine rings is 1. The zero-order chi connectivity index (χ0) is 9.80. The minimum atomic E-state index is 0.205. The van der Waals surface area contributed by atoms with E-state index < -0.39 is 0 Å². The summed E-state index contributed by atoms with van der Waals surface area (Å²) in [7, 11) is 0. The molecule has 3 nitrogen and oxygen atoms in total. The molecule has 1 aliphatic carbocycles. The van der Waals surface area contributed by atoms with E-state index in [0.29, 0.717) is 12.6 Å². The summed E-state index contributed by atoms with van der Waals surface area (Å²) in [5, 5.41) is 9.25. The lowest BCUT2D eigenvalue weighted by molar-refractivity contribution is -0.0410. The quantitative estimate of drug-likeness (QED) is 0.664. The van der Waals surface area contributed by atoms with Crippen LogP contribution >= 0.6 is 0 Å². The SMILES string of the molecule is OCC1COCCN1C1C=CCCC1. The maximum Gasteiger partial charge on any atom is 0.0645 e. The number of allylic oxidation sites excluding steroid dienone is 1. The van der Waals surface area contributed by atoms with E-state index >= 15 is 0 Å². The van der Waals surface area contributed by atoms with Gasteiger partial charge in [-0.15, -0.1) is 0 Å². The Morgan fingerprint density at radius 3 is 3.14 bits per heavy atom. The first-order chi connectivity index (χ1) is 6.92. The van der Waals surface area contributed by atoms with Gasteiger partial charge in [0.15, 0.2) is 0 Å². The second-order valence-electron chi connectivity index (χ2n) is 4.08. The largest absolute Gasteiger partial charge is 0.395 e. The van der Waals surface area contributed by atoms with E-state index in [1.165, 1.54) is 19.3 Å². The molecule has 2 aliphatic rings. The molecule has 3 heteroatoms. The molecule has 0 aromatic carbocycles. The number of aliphatic hydroxyl groups excluding tert-OH is 1. The molecule has 2 unspecified atom stereocenters. The van der Waals surface area contributed by atoms with Gasteiger partial charge in [-0.1, -0.05) is 12.2 Å². The van der Waals surface area contributed by atoms with E-state index in [4.69, 9.17) is 4.74 Å². The van der Waals surface area contributed by atoms with Crippen LogP contribution in [0.5, 0.6) is 0 Å². The molecular weight excluding hydrogens is 178 g/mol. The van der Waals surface area contributed by atoms with Crippen LogP contribution in [-0.4, -0.2) is 48.5 Å². The van der Waals surface area contributed by atoms with Crippen LogP contribution in [0.4, 0.5) is 0 Å². The van der Waals surface area contributed by atoms with Gasteiger partial charge in [0.2, 0.25) is 0 Å². The maximum absolute atomic E-state index is 9.25. The van der Waals surface area contributed by atoms with E-state index in [9.17, 15) is 5.11 Å². The molecule has 1 aliphatic heterocycles. The Morgan fingerprint density at radius 1 is 1.50 bits per heavy atom. The number of ether oxygens (including phenoxy) is 1. The van der Waals surface area contributed by atoms with Gasteiger partial charge in [0.05, 0.1) is 25.9 Å². The van der Waals surface area contributed by atoms with Crippen molar-refractivity contribution in [1.29, 1.82) is 0 Å². The smallest absolute Gasteiger partial charge is 0.0645 e. The Hall–Kier alpha value is -0.380. The molecule has 0 saturated carbocycles. The highest BCUT2D eigenvalue weighted by Crippen LogP contribution is 2.20. The average molecular weight is 197 g/mol. The standard InChI is InChI=1S/C11H19NO2/c13-8-11-9-14-7-6-12(11)10-4-2-1-3-5-10/h2,4,10-11,13H,1,3,5-9H2. The van der Waals surface area contributed by atoms with Gasteiger partial charge >= 0.3 is 0 Å². The number of hydrogen-bond acceptors (Lipinski definition) is 3. The van der Waals surface area contributed by atoms with Gasteiger partial charge in [0, 0.05) is 12.6 Å². The Bertz CT molecular complexity index is 205. The predicted molar refractivity (Wildman–Crippen MR) is 55.2 cm³/mol. The van der Waals surface area contributed by atoms with Crippen molar-refractivity contribution in [2.75, 3.05) is 26.4 Å². The fraction of sp³-hybridized carbons (Fsp3) is 0.818. The van der Waals surface area contributed by atoms with Gasteiger partial charge in [-0.25, -0.2) is 0 Å². The van der Waals surface area contributed by atoms with Crippen molar-refractivity contribution in [2.24, 2.45) is 0 Å². The summed E-state index contributed by atoms with van der Waals surface area (Å²) in [5.41, 5.74) is 0. The highest BCUT2D eigenvalue weighted by molar-refractivity contribution is 5.00. The van der Waals surface area contributed by atoms with Crippen molar-refractivity contribution in [2.45, 2.75) is 31.3 Å². The molecule has 1 heterocycles. The van der Waals surface area contributed by atoms with Crippen LogP contribution in [0.3, 0.4) is 0 Å². The fourth-order valence-electron chi connectivity index (χ4n) is 2.33. The van der Waals surface area contributed by atoms with Gasteiger partial charge in [-0.05, 0) is 19.3 Å². The second kappa shape index (κ2) is 4.91. The molecule has 80 valence electrons. The number of hydrogen-bond donors (Lipinski definition) is 1. The number of rotatable bonds is 2. The summed E-state index contributed by atoms with van der Waals surface area (Å²) >= 11 is 0. The predicted octanol–water partition coefficient (Wildman–Crippen LogP) is 0.788. The van der Waals surface area contributed by atoms with Crippen LogP contribution in [0.25, 0.3) is 0 Å². The highest BCUT2D eigenvalue weighted by atomic mass is 16.5. The molecular formula is C11H19NO2. The van der Waals surface area contributed by atoms with Crippen molar-refractivity contribution < 1.29 is 9.84 Å². The molecule has 0 amide bonds. The number of nitrogens with zero attached hydrogens (tertiary/aromatic N) is 1. The van der Waals surface area contributed by atoms with Crippen LogP contribution in [0.1, 0.15) is 19.3 Å². The Labute approximate surface area is 85.4 Å². The topological polar surface area (TPSA) is 32.7 Å². The summed E-state index contributed by atoms with van der Waals surface area (Å²) in [6.45, 7) is 2.66. The lowest BCUT2D eigenvalue weighted by Crippen LogP contribution is -2.52. The molecule has 0 spiro atoms. The van der Waals surface area contributed by atoms with E-state index in [-0.39, 0.29) is 12.6 Å². The monoisotopic (exact) mass is 197 g/mol. The summed E-state index contributed by atoms with van der Waals surface area (Å²) in [4.78, 5) is 2.39. The molecule has 1 saturated heterocycles. The summed E-state index contributed by atoms with van der Waals surface area (Å²) in [5.74, 6) is 0. The third-order valence-electron chi connectivity index (χ3n) is 3.14. The van der Waals surface area contributed by atoms with Crippen LogP contribution in [0.2, 0.25) is 0 Å². The molecule has 1 N–H and O–H groups in total. The summed E-state index contributed by atoms with van der Waals surface area (Å²) in [6, 6.07) is 0.737. The molecule has 1 fully saturated rings.